The van der Waals surface area contributed by atoms with Crippen molar-refractivity contribution in [3.63, 3.8) is 0 Å². The first kappa shape index (κ1) is 8.84. The summed E-state index contributed by atoms with van der Waals surface area (Å²) in [6.45, 7) is 1.40. The third kappa shape index (κ3) is 2.12. The molecular formula is C9H8F2O. The minimum absolute atomic E-state index is 0.0685. The Bertz CT molecular complexity index is 307. The fraction of sp³-hybridized carbons (Fsp3) is 0.222. The zero-order valence-corrected chi connectivity index (χ0v) is 6.60. The van der Waals surface area contributed by atoms with Crippen LogP contribution in [0.5, 0.6) is 0 Å². The van der Waals surface area contributed by atoms with Crippen molar-refractivity contribution in [1.29, 1.82) is 0 Å². The van der Waals surface area contributed by atoms with Crippen molar-refractivity contribution in [1.82, 2.24) is 0 Å². The van der Waals surface area contributed by atoms with E-state index in [1.165, 1.54) is 13.0 Å². The second-order valence-corrected chi connectivity index (χ2v) is 2.63. The van der Waals surface area contributed by atoms with Crippen LogP contribution in [0.1, 0.15) is 12.5 Å². The normalized spacial score (nSPS) is 9.92. The molecule has 0 N–H and O–H groups in total. The number of benzene rings is 1. The van der Waals surface area contributed by atoms with Gasteiger partial charge in [0.1, 0.15) is 5.78 Å². The van der Waals surface area contributed by atoms with Gasteiger partial charge in [-0.05, 0) is 24.6 Å². The number of ketones is 1. The number of carbonyl (C=O) groups excluding carboxylic acids is 1. The van der Waals surface area contributed by atoms with Crippen LogP contribution < -0.4 is 0 Å². The van der Waals surface area contributed by atoms with Crippen molar-refractivity contribution in [2.45, 2.75) is 13.3 Å². The fourth-order valence-corrected chi connectivity index (χ4v) is 0.937. The van der Waals surface area contributed by atoms with Crippen LogP contribution in [0.25, 0.3) is 0 Å². The van der Waals surface area contributed by atoms with Gasteiger partial charge in [0.2, 0.25) is 0 Å². The van der Waals surface area contributed by atoms with Crippen LogP contribution in [0, 0.1) is 11.6 Å². The Kier molecular flexibility index (Phi) is 2.53. The van der Waals surface area contributed by atoms with Gasteiger partial charge >= 0.3 is 0 Å². The number of rotatable bonds is 2. The first-order chi connectivity index (χ1) is 5.59. The molecule has 0 amide bonds. The molecule has 1 rings (SSSR count). The van der Waals surface area contributed by atoms with Gasteiger partial charge in [-0.2, -0.15) is 0 Å². The maximum atomic E-state index is 12.5. The molecule has 1 nitrogen and oxygen atoms in total. The molecule has 0 aliphatic heterocycles. The molecule has 0 unspecified atom stereocenters. The largest absolute Gasteiger partial charge is 0.300 e. The van der Waals surface area contributed by atoms with Crippen LogP contribution in [-0.2, 0) is 11.2 Å². The van der Waals surface area contributed by atoms with Crippen molar-refractivity contribution in [2.24, 2.45) is 0 Å². The Hall–Kier alpha value is -1.25. The lowest BCUT2D eigenvalue weighted by molar-refractivity contribution is -0.116. The molecule has 0 radical (unpaired) electrons. The van der Waals surface area contributed by atoms with Gasteiger partial charge in [-0.1, -0.05) is 6.07 Å². The third-order valence-corrected chi connectivity index (χ3v) is 1.44. The molecule has 0 saturated heterocycles. The van der Waals surface area contributed by atoms with E-state index in [0.717, 1.165) is 12.1 Å². The fourth-order valence-electron chi connectivity index (χ4n) is 0.937. The molecule has 0 aliphatic carbocycles. The molecule has 0 atom stereocenters. The molecule has 0 heterocycles. The van der Waals surface area contributed by atoms with E-state index < -0.39 is 11.6 Å². The predicted octanol–water partition coefficient (Wildman–Crippen LogP) is 2.10. The standard InChI is InChI=1S/C9H8F2O/c1-6(12)4-7-2-3-8(10)9(11)5-7/h2-3,5H,4H2,1H3. The summed E-state index contributed by atoms with van der Waals surface area (Å²) in [7, 11) is 0. The van der Waals surface area contributed by atoms with Gasteiger partial charge in [-0.25, -0.2) is 8.78 Å². The molecule has 0 spiro atoms. The Morgan fingerprint density at radius 2 is 2.00 bits per heavy atom. The third-order valence-electron chi connectivity index (χ3n) is 1.44. The molecule has 1 aromatic carbocycles. The smallest absolute Gasteiger partial charge is 0.159 e. The summed E-state index contributed by atoms with van der Waals surface area (Å²) < 4.78 is 24.9. The van der Waals surface area contributed by atoms with E-state index in [1.807, 2.05) is 0 Å². The maximum Gasteiger partial charge on any atom is 0.159 e. The van der Waals surface area contributed by atoms with Crippen LogP contribution in [0.15, 0.2) is 18.2 Å². The first-order valence-electron chi connectivity index (χ1n) is 3.53. The molecule has 0 aliphatic rings. The Morgan fingerprint density at radius 1 is 1.33 bits per heavy atom. The summed E-state index contributed by atoms with van der Waals surface area (Å²) in [4.78, 5) is 10.6. The van der Waals surface area contributed by atoms with Crippen LogP contribution >= 0.6 is 0 Å². The highest BCUT2D eigenvalue weighted by Crippen LogP contribution is 2.09. The molecule has 64 valence electrons. The Morgan fingerprint density at radius 3 is 2.50 bits per heavy atom. The summed E-state index contributed by atoms with van der Waals surface area (Å²) >= 11 is 0. The van der Waals surface area contributed by atoms with Crippen molar-refractivity contribution in [2.75, 3.05) is 0 Å². The monoisotopic (exact) mass is 170 g/mol. The van der Waals surface area contributed by atoms with Gasteiger partial charge in [-0.3, -0.25) is 4.79 Å². The van der Waals surface area contributed by atoms with Crippen LogP contribution in [0.4, 0.5) is 8.78 Å². The summed E-state index contributed by atoms with van der Waals surface area (Å²) in [5, 5.41) is 0. The SMILES string of the molecule is CC(=O)Cc1ccc(F)c(F)c1. The van der Waals surface area contributed by atoms with E-state index in [2.05, 4.69) is 0 Å². The predicted molar refractivity (Wildman–Crippen MR) is 40.7 cm³/mol. The van der Waals surface area contributed by atoms with Crippen molar-refractivity contribution in [3.05, 3.63) is 35.4 Å². The van der Waals surface area contributed by atoms with Crippen molar-refractivity contribution >= 4 is 5.78 Å². The average Bonchev–Trinajstić information content (AvgIpc) is 1.96. The molecular weight excluding hydrogens is 162 g/mol. The van der Waals surface area contributed by atoms with E-state index in [4.69, 9.17) is 0 Å². The zero-order chi connectivity index (χ0) is 9.14. The minimum atomic E-state index is -0.909. The van der Waals surface area contributed by atoms with E-state index >= 15 is 0 Å². The van der Waals surface area contributed by atoms with E-state index in [-0.39, 0.29) is 12.2 Å². The topological polar surface area (TPSA) is 17.1 Å². The lowest BCUT2D eigenvalue weighted by Crippen LogP contribution is -1.97. The number of carbonyl (C=O) groups is 1. The van der Waals surface area contributed by atoms with Gasteiger partial charge < -0.3 is 0 Å². The van der Waals surface area contributed by atoms with E-state index in [9.17, 15) is 13.6 Å². The number of hydrogen-bond donors (Lipinski definition) is 0. The Balaban J connectivity index is 2.89. The zero-order valence-electron chi connectivity index (χ0n) is 6.60. The molecule has 3 heteroatoms. The Labute approximate surface area is 69.0 Å². The number of hydrogen-bond acceptors (Lipinski definition) is 1. The number of Topliss-reactive ketones (excluding diaryl/α,β-unsaturated/α-hetero) is 1. The first-order valence-corrected chi connectivity index (χ1v) is 3.53. The van der Waals surface area contributed by atoms with E-state index in [1.54, 1.807) is 0 Å². The number of halogens is 2. The quantitative estimate of drug-likeness (QED) is 0.664. The van der Waals surface area contributed by atoms with Gasteiger partial charge in [0.15, 0.2) is 11.6 Å². The highest BCUT2D eigenvalue weighted by atomic mass is 19.2. The molecule has 0 bridgehead atoms. The molecule has 1 aromatic rings. The summed E-state index contributed by atoms with van der Waals surface area (Å²) in [5.41, 5.74) is 0.501. The highest BCUT2D eigenvalue weighted by Gasteiger charge is 2.03. The van der Waals surface area contributed by atoms with Gasteiger partial charge in [0, 0.05) is 6.42 Å². The molecule has 12 heavy (non-hydrogen) atoms. The van der Waals surface area contributed by atoms with Crippen LogP contribution in [0.3, 0.4) is 0 Å². The van der Waals surface area contributed by atoms with Crippen LogP contribution in [0.2, 0.25) is 0 Å². The lowest BCUT2D eigenvalue weighted by Gasteiger charge is -1.97. The average molecular weight is 170 g/mol. The molecule has 0 fully saturated rings. The molecule has 0 saturated carbocycles. The van der Waals surface area contributed by atoms with Gasteiger partial charge in [-0.15, -0.1) is 0 Å². The van der Waals surface area contributed by atoms with Gasteiger partial charge in [0.05, 0.1) is 0 Å². The second kappa shape index (κ2) is 3.43. The lowest BCUT2D eigenvalue weighted by atomic mass is 10.1. The summed E-state index contributed by atoms with van der Waals surface area (Å²) in [6, 6.07) is 3.46. The second-order valence-electron chi connectivity index (χ2n) is 2.63. The van der Waals surface area contributed by atoms with Crippen molar-refractivity contribution in [3.8, 4) is 0 Å². The van der Waals surface area contributed by atoms with E-state index in [0.29, 0.717) is 5.56 Å². The van der Waals surface area contributed by atoms with Crippen LogP contribution in [-0.4, -0.2) is 5.78 Å². The van der Waals surface area contributed by atoms with Gasteiger partial charge in [0.25, 0.3) is 0 Å². The summed E-state index contributed by atoms with van der Waals surface area (Å²) in [6.07, 6.45) is 0.150. The van der Waals surface area contributed by atoms with Crippen molar-refractivity contribution < 1.29 is 13.6 Å². The maximum absolute atomic E-state index is 12.5. The highest BCUT2D eigenvalue weighted by molar-refractivity contribution is 5.78. The molecule has 0 aromatic heterocycles. The minimum Gasteiger partial charge on any atom is -0.300 e. The summed E-state index contributed by atoms with van der Waals surface area (Å²) in [5.74, 6) is -1.86.